The zero-order valence-corrected chi connectivity index (χ0v) is 18.7. The van der Waals surface area contributed by atoms with Crippen LogP contribution in [0.4, 0.5) is 0 Å². The summed E-state index contributed by atoms with van der Waals surface area (Å²) >= 11 is 0. The number of aliphatic hydroxyl groups excluding tert-OH is 2. The molecular formula is C20H34N2O10. The highest BCUT2D eigenvalue weighted by Gasteiger charge is 2.35. The molecule has 32 heavy (non-hydrogen) atoms. The quantitative estimate of drug-likeness (QED) is 0.221. The van der Waals surface area contributed by atoms with Crippen molar-refractivity contribution in [2.45, 2.75) is 83.5 Å². The number of nitrogens with one attached hydrogen (secondary N) is 1. The number of ether oxygens (including phenoxy) is 2. The molecule has 0 radical (unpaired) electrons. The normalized spacial score (nSPS) is 22.0. The number of rotatable bonds is 10. The van der Waals surface area contributed by atoms with Gasteiger partial charge < -0.3 is 41.0 Å². The summed E-state index contributed by atoms with van der Waals surface area (Å²) in [5, 5.41) is 35.4. The van der Waals surface area contributed by atoms with Gasteiger partial charge in [-0.25, -0.2) is 14.4 Å². The molecule has 0 aromatic rings. The smallest absolute Gasteiger partial charge is 0.335 e. The molecule has 0 aromatic carbocycles. The third kappa shape index (κ3) is 9.73. The molecule has 5 unspecified atom stereocenters. The molecular weight excluding hydrogens is 428 g/mol. The molecule has 0 saturated heterocycles. The number of carboxylic acid groups (broad SMARTS) is 2. The molecule has 0 bridgehead atoms. The topological polar surface area (TPSA) is 206 Å². The molecule has 1 amide bonds. The van der Waals surface area contributed by atoms with Gasteiger partial charge in [0, 0.05) is 18.5 Å². The molecule has 0 aromatic heterocycles. The van der Waals surface area contributed by atoms with Gasteiger partial charge in [-0.05, 0) is 32.3 Å². The van der Waals surface area contributed by atoms with Crippen molar-refractivity contribution in [1.82, 2.24) is 5.32 Å². The van der Waals surface area contributed by atoms with Gasteiger partial charge >= 0.3 is 17.9 Å². The number of hydrogen-bond donors (Lipinski definition) is 6. The fourth-order valence-electron chi connectivity index (χ4n) is 2.89. The summed E-state index contributed by atoms with van der Waals surface area (Å²) in [6.07, 6.45) is -1.06. The first kappa shape index (κ1) is 29.5. The van der Waals surface area contributed by atoms with Gasteiger partial charge in [0.2, 0.25) is 5.91 Å². The van der Waals surface area contributed by atoms with E-state index in [1.165, 1.54) is 6.92 Å². The minimum Gasteiger partial charge on any atom is -0.479 e. The summed E-state index contributed by atoms with van der Waals surface area (Å²) in [6.45, 7) is 7.62. The Morgan fingerprint density at radius 3 is 1.97 bits per heavy atom. The van der Waals surface area contributed by atoms with Crippen LogP contribution in [0.3, 0.4) is 0 Å². The maximum atomic E-state index is 12.0. The highest BCUT2D eigenvalue weighted by Crippen LogP contribution is 2.24. The van der Waals surface area contributed by atoms with Crippen molar-refractivity contribution in [1.29, 1.82) is 0 Å². The second-order valence-electron chi connectivity index (χ2n) is 7.11. The SMILES string of the molecule is CCOC(=O)C1=CC(OC(CC)CC)C(NC(C)=O)C(N)C1.O=C(O)C(O)C(O)C(=O)O. The van der Waals surface area contributed by atoms with Crippen molar-refractivity contribution >= 4 is 23.8 Å². The van der Waals surface area contributed by atoms with Crippen molar-refractivity contribution in [3.63, 3.8) is 0 Å². The van der Waals surface area contributed by atoms with E-state index < -0.39 is 30.3 Å². The monoisotopic (exact) mass is 462 g/mol. The lowest BCUT2D eigenvalue weighted by Gasteiger charge is -2.36. The van der Waals surface area contributed by atoms with E-state index in [1.54, 1.807) is 13.0 Å². The van der Waals surface area contributed by atoms with Gasteiger partial charge in [0.05, 0.1) is 24.9 Å². The maximum absolute atomic E-state index is 12.0. The standard InChI is InChI=1S/C16H28N2O4.C4H6O6/c1-5-12(6-2)22-14-9-11(16(20)21-7-3)8-13(17)15(14)18-10(4)19;5-1(3(7)8)2(6)4(9)10/h9,12-15H,5-8,17H2,1-4H3,(H,18,19);1-2,5-6H,(H,7,8)(H,9,10). The van der Waals surface area contributed by atoms with Crippen LogP contribution in [0.5, 0.6) is 0 Å². The van der Waals surface area contributed by atoms with Crippen LogP contribution in [0, 0.1) is 0 Å². The zero-order valence-electron chi connectivity index (χ0n) is 18.7. The van der Waals surface area contributed by atoms with E-state index in [2.05, 4.69) is 5.32 Å². The minimum absolute atomic E-state index is 0.0613. The largest absolute Gasteiger partial charge is 0.479 e. The predicted molar refractivity (Wildman–Crippen MR) is 111 cm³/mol. The average molecular weight is 462 g/mol. The van der Waals surface area contributed by atoms with Gasteiger partial charge in [0.25, 0.3) is 0 Å². The second kappa shape index (κ2) is 14.5. The van der Waals surface area contributed by atoms with Crippen molar-refractivity contribution in [2.24, 2.45) is 5.73 Å². The Kier molecular flexibility index (Phi) is 13.4. The van der Waals surface area contributed by atoms with Crippen LogP contribution in [0.2, 0.25) is 0 Å². The number of nitrogens with two attached hydrogens (primary N) is 1. The molecule has 5 atom stereocenters. The molecule has 7 N–H and O–H groups in total. The Bertz CT molecular complexity index is 659. The fourth-order valence-corrected chi connectivity index (χ4v) is 2.89. The fraction of sp³-hybridized carbons (Fsp3) is 0.700. The van der Waals surface area contributed by atoms with Crippen molar-refractivity contribution in [3.05, 3.63) is 11.6 Å². The van der Waals surface area contributed by atoms with Gasteiger partial charge in [0.15, 0.2) is 12.2 Å². The summed E-state index contributed by atoms with van der Waals surface area (Å²) < 4.78 is 11.1. The predicted octanol–water partition coefficient (Wildman–Crippen LogP) is -0.837. The van der Waals surface area contributed by atoms with E-state index in [-0.39, 0.29) is 30.1 Å². The minimum atomic E-state index is -2.27. The van der Waals surface area contributed by atoms with Gasteiger partial charge in [-0.2, -0.15) is 0 Å². The summed E-state index contributed by atoms with van der Waals surface area (Å²) in [4.78, 5) is 42.9. The molecule has 1 rings (SSSR count). The molecule has 12 heteroatoms. The lowest BCUT2D eigenvalue weighted by Crippen LogP contribution is -2.57. The molecule has 184 valence electrons. The number of esters is 1. The highest BCUT2D eigenvalue weighted by atomic mass is 16.5. The van der Waals surface area contributed by atoms with Crippen LogP contribution < -0.4 is 11.1 Å². The van der Waals surface area contributed by atoms with E-state index in [0.717, 1.165) is 12.8 Å². The first-order valence-electron chi connectivity index (χ1n) is 10.3. The van der Waals surface area contributed by atoms with Crippen molar-refractivity contribution in [3.8, 4) is 0 Å². The summed E-state index contributed by atoms with van der Waals surface area (Å²) in [5.41, 5.74) is 6.68. The molecule has 0 spiro atoms. The molecule has 0 fully saturated rings. The number of aliphatic carboxylic acids is 2. The molecule has 0 saturated carbocycles. The number of aliphatic hydroxyl groups is 2. The Balaban J connectivity index is 0.000000809. The molecule has 1 aliphatic carbocycles. The second-order valence-corrected chi connectivity index (χ2v) is 7.11. The van der Waals surface area contributed by atoms with Gasteiger partial charge in [-0.1, -0.05) is 13.8 Å². The Hall–Kier alpha value is -2.54. The van der Waals surface area contributed by atoms with Crippen LogP contribution in [0.25, 0.3) is 0 Å². The maximum Gasteiger partial charge on any atom is 0.335 e. The van der Waals surface area contributed by atoms with E-state index in [1.807, 2.05) is 13.8 Å². The molecule has 12 nitrogen and oxygen atoms in total. The molecule has 0 aliphatic heterocycles. The third-order valence-electron chi connectivity index (χ3n) is 4.61. The third-order valence-corrected chi connectivity index (χ3v) is 4.61. The first-order chi connectivity index (χ1) is 14.9. The highest BCUT2D eigenvalue weighted by molar-refractivity contribution is 5.89. The Morgan fingerprint density at radius 2 is 1.59 bits per heavy atom. The number of hydrogen-bond acceptors (Lipinski definition) is 9. The van der Waals surface area contributed by atoms with E-state index in [4.69, 9.17) is 35.6 Å². The lowest BCUT2D eigenvalue weighted by atomic mass is 9.88. The van der Waals surface area contributed by atoms with E-state index in [0.29, 0.717) is 18.6 Å². The van der Waals surface area contributed by atoms with Crippen LogP contribution in [0.1, 0.15) is 47.0 Å². The Labute approximate surface area is 186 Å². The number of carboxylic acids is 2. The van der Waals surface area contributed by atoms with Crippen molar-refractivity contribution < 1.29 is 49.1 Å². The average Bonchev–Trinajstić information content (AvgIpc) is 2.72. The van der Waals surface area contributed by atoms with Gasteiger partial charge in [0.1, 0.15) is 0 Å². The lowest BCUT2D eigenvalue weighted by molar-refractivity contribution is -0.165. The van der Waals surface area contributed by atoms with E-state index >= 15 is 0 Å². The number of carbonyl (C=O) groups is 4. The number of carbonyl (C=O) groups excluding carboxylic acids is 2. The van der Waals surface area contributed by atoms with Crippen molar-refractivity contribution in [2.75, 3.05) is 6.61 Å². The van der Waals surface area contributed by atoms with Crippen LogP contribution >= 0.6 is 0 Å². The first-order valence-corrected chi connectivity index (χ1v) is 10.3. The summed E-state index contributed by atoms with van der Waals surface area (Å²) in [7, 11) is 0. The molecule has 0 heterocycles. The number of amides is 1. The zero-order chi connectivity index (χ0) is 25.0. The van der Waals surface area contributed by atoms with Crippen LogP contribution in [-0.2, 0) is 28.7 Å². The van der Waals surface area contributed by atoms with Crippen LogP contribution in [-0.4, -0.2) is 87.3 Å². The summed E-state index contributed by atoms with van der Waals surface area (Å²) in [5.74, 6) is -4.06. The molecule has 1 aliphatic rings. The van der Waals surface area contributed by atoms with Gasteiger partial charge in [-0.3, -0.25) is 4.79 Å². The Morgan fingerprint density at radius 1 is 1.09 bits per heavy atom. The van der Waals surface area contributed by atoms with E-state index in [9.17, 15) is 19.2 Å². The van der Waals surface area contributed by atoms with Gasteiger partial charge in [-0.15, -0.1) is 0 Å². The summed E-state index contributed by atoms with van der Waals surface area (Å²) in [6, 6.07) is -0.719. The van der Waals surface area contributed by atoms with Crippen LogP contribution in [0.15, 0.2) is 11.6 Å².